The molecule has 5 nitrogen and oxygen atoms in total. The van der Waals surface area contributed by atoms with Gasteiger partial charge in [0.1, 0.15) is 5.76 Å². The first-order valence-corrected chi connectivity index (χ1v) is 6.95. The van der Waals surface area contributed by atoms with Crippen LogP contribution in [0.25, 0.3) is 0 Å². The second-order valence-corrected chi connectivity index (χ2v) is 4.91. The minimum absolute atomic E-state index is 0.280. The molecular formula is C16H17N3O2. The van der Waals surface area contributed by atoms with E-state index >= 15 is 0 Å². The summed E-state index contributed by atoms with van der Waals surface area (Å²) < 4.78 is 10.9. The van der Waals surface area contributed by atoms with Crippen molar-refractivity contribution < 1.29 is 8.83 Å². The number of hydrogen-bond donors (Lipinski definition) is 1. The minimum Gasteiger partial charge on any atom is -0.469 e. The molecule has 108 valence electrons. The zero-order valence-electron chi connectivity index (χ0n) is 11.6. The Morgan fingerprint density at radius 2 is 1.86 bits per heavy atom. The molecule has 0 aliphatic rings. The lowest BCUT2D eigenvalue weighted by Crippen LogP contribution is -2.13. The molecule has 1 atom stereocenters. The Hall–Kier alpha value is -2.40. The Morgan fingerprint density at radius 3 is 2.62 bits per heavy atom. The van der Waals surface area contributed by atoms with Crippen molar-refractivity contribution in [3.63, 3.8) is 0 Å². The van der Waals surface area contributed by atoms with Gasteiger partial charge in [-0.25, -0.2) is 0 Å². The van der Waals surface area contributed by atoms with Crippen molar-refractivity contribution in [3.05, 3.63) is 71.8 Å². The van der Waals surface area contributed by atoms with E-state index < -0.39 is 0 Å². The number of rotatable bonds is 6. The Labute approximate surface area is 122 Å². The second-order valence-electron chi connectivity index (χ2n) is 4.91. The summed E-state index contributed by atoms with van der Waals surface area (Å²) in [4.78, 5) is 0. The van der Waals surface area contributed by atoms with Gasteiger partial charge < -0.3 is 14.6 Å². The molecule has 3 rings (SSSR count). The number of hydrogen-bond acceptors (Lipinski definition) is 5. The van der Waals surface area contributed by atoms with Crippen LogP contribution < -0.4 is 5.73 Å². The molecule has 1 aromatic carbocycles. The summed E-state index contributed by atoms with van der Waals surface area (Å²) in [7, 11) is 0. The lowest BCUT2D eigenvalue weighted by atomic mass is 10.1. The van der Waals surface area contributed by atoms with E-state index in [1.165, 1.54) is 0 Å². The molecule has 0 bridgehead atoms. The summed E-state index contributed by atoms with van der Waals surface area (Å²) in [6.45, 7) is 0. The van der Waals surface area contributed by atoms with Crippen molar-refractivity contribution in [2.75, 3.05) is 0 Å². The highest BCUT2D eigenvalue weighted by Gasteiger charge is 2.15. The van der Waals surface area contributed by atoms with E-state index in [9.17, 15) is 0 Å². The van der Waals surface area contributed by atoms with Crippen LogP contribution in [-0.4, -0.2) is 10.2 Å². The molecule has 2 heterocycles. The van der Waals surface area contributed by atoms with Crippen molar-refractivity contribution in [1.29, 1.82) is 0 Å². The maximum atomic E-state index is 6.12. The number of nitrogens with two attached hydrogens (primary N) is 1. The molecule has 0 spiro atoms. The van der Waals surface area contributed by atoms with Gasteiger partial charge in [-0.05, 0) is 24.1 Å². The molecule has 3 aromatic rings. The lowest BCUT2D eigenvalue weighted by Gasteiger charge is -2.06. The highest BCUT2D eigenvalue weighted by molar-refractivity contribution is 5.16. The van der Waals surface area contributed by atoms with Crippen molar-refractivity contribution in [3.8, 4) is 0 Å². The first-order chi connectivity index (χ1) is 10.3. The molecule has 0 radical (unpaired) electrons. The van der Waals surface area contributed by atoms with Crippen LogP contribution in [0.2, 0.25) is 0 Å². The molecular weight excluding hydrogens is 266 g/mol. The molecule has 1 unspecified atom stereocenters. The van der Waals surface area contributed by atoms with E-state index in [1.807, 2.05) is 42.5 Å². The smallest absolute Gasteiger partial charge is 0.233 e. The number of furan rings is 1. The van der Waals surface area contributed by atoms with Gasteiger partial charge >= 0.3 is 0 Å². The maximum Gasteiger partial charge on any atom is 0.233 e. The maximum absolute atomic E-state index is 6.12. The molecule has 0 amide bonds. The molecule has 2 aromatic heterocycles. The largest absolute Gasteiger partial charge is 0.469 e. The van der Waals surface area contributed by atoms with Crippen molar-refractivity contribution in [2.45, 2.75) is 25.3 Å². The van der Waals surface area contributed by atoms with E-state index in [4.69, 9.17) is 14.6 Å². The third-order valence-electron chi connectivity index (χ3n) is 3.26. The van der Waals surface area contributed by atoms with Gasteiger partial charge in [-0.2, -0.15) is 0 Å². The van der Waals surface area contributed by atoms with E-state index in [0.29, 0.717) is 24.6 Å². The van der Waals surface area contributed by atoms with Gasteiger partial charge in [0.05, 0.1) is 12.3 Å². The fourth-order valence-electron chi connectivity index (χ4n) is 2.16. The number of aromatic nitrogens is 2. The fourth-order valence-corrected chi connectivity index (χ4v) is 2.16. The first kappa shape index (κ1) is 13.6. The monoisotopic (exact) mass is 283 g/mol. The molecule has 0 saturated heterocycles. The van der Waals surface area contributed by atoms with Gasteiger partial charge in [0.2, 0.25) is 11.8 Å². The van der Waals surface area contributed by atoms with Crippen LogP contribution in [0.5, 0.6) is 0 Å². The summed E-state index contributed by atoms with van der Waals surface area (Å²) in [5.41, 5.74) is 7.27. The fraction of sp³-hybridized carbons (Fsp3) is 0.250. The van der Waals surface area contributed by atoms with Crippen molar-refractivity contribution in [1.82, 2.24) is 10.2 Å². The predicted octanol–water partition coefficient (Wildman–Crippen LogP) is 2.69. The number of nitrogens with zero attached hydrogens (tertiary/aromatic N) is 2. The minimum atomic E-state index is -0.280. The Balaban J connectivity index is 1.59. The highest BCUT2D eigenvalue weighted by Crippen LogP contribution is 2.16. The van der Waals surface area contributed by atoms with Crippen LogP contribution in [0.15, 0.2) is 57.6 Å². The van der Waals surface area contributed by atoms with E-state index in [1.54, 1.807) is 6.26 Å². The Kier molecular flexibility index (Phi) is 4.12. The molecule has 5 heteroatoms. The van der Waals surface area contributed by atoms with Crippen LogP contribution in [0.3, 0.4) is 0 Å². The van der Waals surface area contributed by atoms with Gasteiger partial charge in [-0.3, -0.25) is 0 Å². The molecule has 0 fully saturated rings. The quantitative estimate of drug-likeness (QED) is 0.752. The van der Waals surface area contributed by atoms with Gasteiger partial charge in [0, 0.05) is 12.8 Å². The zero-order chi connectivity index (χ0) is 14.5. The summed E-state index contributed by atoms with van der Waals surface area (Å²) in [5, 5.41) is 8.08. The zero-order valence-corrected chi connectivity index (χ0v) is 11.6. The molecule has 0 saturated carbocycles. The van der Waals surface area contributed by atoms with Crippen LogP contribution in [-0.2, 0) is 19.3 Å². The van der Waals surface area contributed by atoms with Gasteiger partial charge in [0.25, 0.3) is 0 Å². The number of benzene rings is 1. The Morgan fingerprint density at radius 1 is 1.00 bits per heavy atom. The van der Waals surface area contributed by atoms with Crippen molar-refractivity contribution in [2.24, 2.45) is 5.73 Å². The normalized spacial score (nSPS) is 12.4. The van der Waals surface area contributed by atoms with E-state index in [0.717, 1.165) is 17.7 Å². The molecule has 21 heavy (non-hydrogen) atoms. The van der Waals surface area contributed by atoms with E-state index in [2.05, 4.69) is 10.2 Å². The average Bonchev–Trinajstić information content (AvgIpc) is 3.18. The highest BCUT2D eigenvalue weighted by atomic mass is 16.4. The van der Waals surface area contributed by atoms with E-state index in [-0.39, 0.29) is 6.04 Å². The summed E-state index contributed by atoms with van der Waals surface area (Å²) in [5.74, 6) is 1.97. The standard InChI is InChI=1S/C16H17N3O2/c17-14(11-12-5-2-1-3-6-12)16-19-18-15(21-16)9-8-13-7-4-10-20-13/h1-7,10,14H,8-9,11,17H2. The van der Waals surface area contributed by atoms with Crippen LogP contribution in [0, 0.1) is 0 Å². The second kappa shape index (κ2) is 6.37. The summed E-state index contributed by atoms with van der Waals surface area (Å²) in [6, 6.07) is 13.5. The molecule has 0 aliphatic heterocycles. The Bertz CT molecular complexity index is 662. The van der Waals surface area contributed by atoms with Crippen LogP contribution in [0.1, 0.15) is 29.1 Å². The summed E-state index contributed by atoms with van der Waals surface area (Å²) in [6.07, 6.45) is 3.73. The van der Waals surface area contributed by atoms with Crippen molar-refractivity contribution >= 4 is 0 Å². The topological polar surface area (TPSA) is 78.1 Å². The summed E-state index contributed by atoms with van der Waals surface area (Å²) >= 11 is 0. The third kappa shape index (κ3) is 3.58. The molecule has 0 aliphatic carbocycles. The third-order valence-corrected chi connectivity index (χ3v) is 3.26. The average molecular weight is 283 g/mol. The van der Waals surface area contributed by atoms with Gasteiger partial charge in [0.15, 0.2) is 0 Å². The lowest BCUT2D eigenvalue weighted by molar-refractivity contribution is 0.409. The van der Waals surface area contributed by atoms with Gasteiger partial charge in [-0.1, -0.05) is 30.3 Å². The number of aryl methyl sites for hydroxylation is 2. The van der Waals surface area contributed by atoms with Crippen LogP contribution >= 0.6 is 0 Å². The predicted molar refractivity (Wildman–Crippen MR) is 77.5 cm³/mol. The first-order valence-electron chi connectivity index (χ1n) is 6.95. The van der Waals surface area contributed by atoms with Crippen LogP contribution in [0.4, 0.5) is 0 Å². The SMILES string of the molecule is NC(Cc1ccccc1)c1nnc(CCc2ccco2)o1. The van der Waals surface area contributed by atoms with Gasteiger partial charge in [-0.15, -0.1) is 10.2 Å². The molecule has 2 N–H and O–H groups in total.